The molecule has 2 aromatic heterocycles. The summed E-state index contributed by atoms with van der Waals surface area (Å²) in [5, 5.41) is 1.67. The number of benzene rings is 1. The van der Waals surface area contributed by atoms with Crippen LogP contribution in [0, 0.1) is 0 Å². The highest BCUT2D eigenvalue weighted by atomic mass is 32.1. The van der Waals surface area contributed by atoms with E-state index >= 15 is 0 Å². The van der Waals surface area contributed by atoms with Crippen molar-refractivity contribution in [3.63, 3.8) is 0 Å². The number of carbonyl (C=O) groups excluding carboxylic acids is 2. The quantitative estimate of drug-likeness (QED) is 0.392. The van der Waals surface area contributed by atoms with Crippen LogP contribution in [0.25, 0.3) is 22.4 Å². The monoisotopic (exact) mass is 554 g/mol. The molecule has 0 spiro atoms. The van der Waals surface area contributed by atoms with Crippen molar-refractivity contribution in [2.45, 2.75) is 58.2 Å². The van der Waals surface area contributed by atoms with Gasteiger partial charge < -0.3 is 23.5 Å². The summed E-state index contributed by atoms with van der Waals surface area (Å²) >= 11 is 1.27. The first kappa shape index (κ1) is 26.1. The van der Waals surface area contributed by atoms with Crippen LogP contribution in [0.15, 0.2) is 21.4 Å². The van der Waals surface area contributed by atoms with E-state index < -0.39 is 35.3 Å². The second-order valence-corrected chi connectivity index (χ2v) is 10.7. The Labute approximate surface area is 219 Å². The molecular formula is C24H25F3N4O6S. The van der Waals surface area contributed by atoms with Crippen molar-refractivity contribution in [1.82, 2.24) is 14.9 Å². The molecule has 6 rings (SSSR count). The van der Waals surface area contributed by atoms with E-state index in [1.807, 2.05) is 0 Å². The van der Waals surface area contributed by atoms with E-state index in [0.29, 0.717) is 18.8 Å². The topological polar surface area (TPSA) is 107 Å². The third kappa shape index (κ3) is 4.96. The number of piperazine rings is 1. The first-order valence-electron chi connectivity index (χ1n) is 11.9. The van der Waals surface area contributed by atoms with Crippen molar-refractivity contribution >= 4 is 40.5 Å². The van der Waals surface area contributed by atoms with Gasteiger partial charge in [-0.15, -0.1) is 24.5 Å². The van der Waals surface area contributed by atoms with Gasteiger partial charge in [0.05, 0.1) is 29.9 Å². The maximum absolute atomic E-state index is 13.4. The third-order valence-electron chi connectivity index (χ3n) is 6.10. The highest BCUT2D eigenvalue weighted by Gasteiger charge is 2.50. The highest BCUT2D eigenvalue weighted by molar-refractivity contribution is 7.07. The summed E-state index contributed by atoms with van der Waals surface area (Å²) in [5.41, 5.74) is 0.831. The van der Waals surface area contributed by atoms with E-state index in [9.17, 15) is 22.8 Å². The minimum atomic E-state index is -5.10. The minimum absolute atomic E-state index is 0.0126. The zero-order valence-corrected chi connectivity index (χ0v) is 21.8. The van der Waals surface area contributed by atoms with Crippen LogP contribution in [0.2, 0.25) is 0 Å². The molecule has 3 aliphatic heterocycles. The zero-order valence-electron chi connectivity index (χ0n) is 21.0. The Morgan fingerprint density at radius 2 is 1.92 bits per heavy atom. The number of aromatic nitrogens is 2. The van der Waals surface area contributed by atoms with Crippen LogP contribution in [0.5, 0.6) is 5.75 Å². The largest absolute Gasteiger partial charge is 0.573 e. The van der Waals surface area contributed by atoms with Gasteiger partial charge in [0.1, 0.15) is 11.2 Å². The number of halogens is 3. The predicted molar refractivity (Wildman–Crippen MR) is 130 cm³/mol. The van der Waals surface area contributed by atoms with E-state index in [0.717, 1.165) is 6.42 Å². The number of rotatable bonds is 5. The van der Waals surface area contributed by atoms with Crippen molar-refractivity contribution < 1.29 is 41.4 Å². The maximum Gasteiger partial charge on any atom is 0.573 e. The van der Waals surface area contributed by atoms with E-state index in [4.69, 9.17) is 13.9 Å². The van der Waals surface area contributed by atoms with E-state index in [1.54, 1.807) is 48.4 Å². The lowest BCUT2D eigenvalue weighted by atomic mass is 9.88. The van der Waals surface area contributed by atoms with Crippen LogP contribution < -0.4 is 9.64 Å². The Morgan fingerprint density at radius 3 is 2.50 bits per heavy atom. The van der Waals surface area contributed by atoms with Gasteiger partial charge in [-0.05, 0) is 40.2 Å². The Kier molecular flexibility index (Phi) is 6.40. The average Bonchev–Trinajstić information content (AvgIpc) is 3.48. The molecule has 1 aromatic carbocycles. The van der Waals surface area contributed by atoms with Gasteiger partial charge in [-0.2, -0.15) is 4.98 Å². The lowest BCUT2D eigenvalue weighted by molar-refractivity contribution is -0.274. The molecule has 2 atom stereocenters. The molecule has 2 bridgehead atoms. The Balaban J connectivity index is 1.55. The fraction of sp³-hybridized carbons (Fsp3) is 0.500. The van der Waals surface area contributed by atoms with Crippen molar-refractivity contribution in [3.8, 4) is 17.0 Å². The second kappa shape index (κ2) is 9.33. The van der Waals surface area contributed by atoms with E-state index in [2.05, 4.69) is 14.7 Å². The van der Waals surface area contributed by atoms with Crippen LogP contribution in [-0.4, -0.2) is 70.7 Å². The first-order valence-corrected chi connectivity index (χ1v) is 12.8. The number of carbonyl (C=O) groups is 2. The summed E-state index contributed by atoms with van der Waals surface area (Å²) in [5.74, 6) is -1.81. The van der Waals surface area contributed by atoms with Gasteiger partial charge in [0.2, 0.25) is 0 Å². The summed E-state index contributed by atoms with van der Waals surface area (Å²) in [7, 11) is 0. The van der Waals surface area contributed by atoms with Crippen LogP contribution >= 0.6 is 11.3 Å². The van der Waals surface area contributed by atoms with Gasteiger partial charge in [-0.1, -0.05) is 0 Å². The molecule has 14 heteroatoms. The molecule has 204 valence electrons. The standard InChI is InChI=1S/C24H25F3N4O6S/c1-5-34-20(32)15-7-14(16-10-38-11-28-16)18-17(19(15)36-24(25,26)27)29-21(35-18)30-8-12-6-13(9-30)31(12)22(33)37-23(2,3)4/h7,10-13H,5-6,8-9H2,1-4H3. The summed E-state index contributed by atoms with van der Waals surface area (Å²) in [6.07, 6.45) is -4.76. The molecule has 1 amide bonds. The number of anilines is 1. The Hall–Kier alpha value is -3.55. The smallest absolute Gasteiger partial charge is 0.462 e. The molecule has 5 heterocycles. The molecule has 0 radical (unpaired) electrons. The van der Waals surface area contributed by atoms with Crippen LogP contribution in [0.1, 0.15) is 44.5 Å². The van der Waals surface area contributed by atoms with Crippen molar-refractivity contribution in [1.29, 1.82) is 0 Å². The summed E-state index contributed by atoms with van der Waals surface area (Å²) < 4.78 is 61.0. The van der Waals surface area contributed by atoms with Crippen molar-refractivity contribution in [2.24, 2.45) is 0 Å². The molecule has 0 N–H and O–H groups in total. The number of thiazole rings is 1. The number of esters is 1. The average molecular weight is 555 g/mol. The molecule has 2 unspecified atom stereocenters. The lowest BCUT2D eigenvalue weighted by Gasteiger charge is -2.55. The molecule has 38 heavy (non-hydrogen) atoms. The van der Waals surface area contributed by atoms with Gasteiger partial charge in [0, 0.05) is 24.0 Å². The molecule has 0 saturated carbocycles. The van der Waals surface area contributed by atoms with Gasteiger partial charge in [0.15, 0.2) is 16.8 Å². The lowest BCUT2D eigenvalue weighted by Crippen LogP contribution is -2.70. The number of amides is 1. The predicted octanol–water partition coefficient (Wildman–Crippen LogP) is 5.22. The van der Waals surface area contributed by atoms with E-state index in [-0.39, 0.29) is 41.4 Å². The fourth-order valence-corrected chi connectivity index (χ4v) is 5.23. The first-order chi connectivity index (χ1) is 17.8. The molecule has 10 nitrogen and oxygen atoms in total. The third-order valence-corrected chi connectivity index (χ3v) is 6.68. The molecule has 3 fully saturated rings. The molecule has 0 aliphatic carbocycles. The van der Waals surface area contributed by atoms with Crippen molar-refractivity contribution in [2.75, 3.05) is 24.6 Å². The van der Waals surface area contributed by atoms with Gasteiger partial charge >= 0.3 is 18.4 Å². The number of oxazole rings is 1. The summed E-state index contributed by atoms with van der Waals surface area (Å²) in [4.78, 5) is 37.3. The number of nitrogens with zero attached hydrogens (tertiary/aromatic N) is 4. The number of hydrogen-bond donors (Lipinski definition) is 0. The Morgan fingerprint density at radius 1 is 1.21 bits per heavy atom. The number of alkyl halides is 3. The van der Waals surface area contributed by atoms with E-state index in [1.165, 1.54) is 17.4 Å². The van der Waals surface area contributed by atoms with Gasteiger partial charge in [-0.25, -0.2) is 14.6 Å². The summed E-state index contributed by atoms with van der Waals surface area (Å²) in [6.45, 7) is 7.54. The highest BCUT2D eigenvalue weighted by Crippen LogP contribution is 2.43. The minimum Gasteiger partial charge on any atom is -0.462 e. The zero-order chi connectivity index (χ0) is 27.4. The van der Waals surface area contributed by atoms with Gasteiger partial charge in [0.25, 0.3) is 6.01 Å². The number of ether oxygens (including phenoxy) is 3. The number of fused-ring (bicyclic) bond motifs is 3. The number of hydrogen-bond acceptors (Lipinski definition) is 10. The SMILES string of the molecule is CCOC(=O)c1cc(-c2cscn2)c2oc(N3CC4CC(C3)N4C(=O)OC(C)(C)C)nc2c1OC(F)(F)F. The molecule has 3 saturated heterocycles. The van der Waals surface area contributed by atoms with Crippen molar-refractivity contribution in [3.05, 3.63) is 22.5 Å². The second-order valence-electron chi connectivity index (χ2n) is 9.95. The normalized spacial score (nSPS) is 19.3. The summed E-state index contributed by atoms with van der Waals surface area (Å²) in [6, 6.07) is 0.918. The molecule has 3 aromatic rings. The van der Waals surface area contributed by atoms with Gasteiger partial charge in [-0.3, -0.25) is 4.90 Å². The Bertz CT molecular complexity index is 1360. The maximum atomic E-state index is 13.4. The van der Waals surface area contributed by atoms with Crippen LogP contribution in [0.4, 0.5) is 24.0 Å². The van der Waals surface area contributed by atoms with Crippen LogP contribution in [-0.2, 0) is 9.47 Å². The molecular weight excluding hydrogens is 529 g/mol. The molecule has 3 aliphatic rings. The fourth-order valence-electron chi connectivity index (χ4n) is 4.68. The number of piperidine rings is 1. The van der Waals surface area contributed by atoms with Crippen LogP contribution in [0.3, 0.4) is 0 Å².